The van der Waals surface area contributed by atoms with Crippen molar-refractivity contribution in [1.82, 2.24) is 0 Å². The van der Waals surface area contributed by atoms with Crippen molar-refractivity contribution < 1.29 is 27.8 Å². The van der Waals surface area contributed by atoms with Crippen molar-refractivity contribution in [1.29, 1.82) is 0 Å². The summed E-state index contributed by atoms with van der Waals surface area (Å²) in [4.78, 5) is 10.3. The van der Waals surface area contributed by atoms with E-state index in [0.717, 1.165) is 18.2 Å². The Morgan fingerprint density at radius 1 is 1.44 bits per heavy atom. The summed E-state index contributed by atoms with van der Waals surface area (Å²) in [6, 6.07) is 2.01. The summed E-state index contributed by atoms with van der Waals surface area (Å²) in [7, 11) is 0. The number of nitrogen functional groups attached to an aromatic ring is 1. The molecule has 8 heteroatoms. The zero-order valence-electron chi connectivity index (χ0n) is 8.66. The number of hydrogen-bond donors (Lipinski definition) is 2. The minimum absolute atomic E-state index is 0.0406. The quantitative estimate of drug-likeness (QED) is 0.661. The highest BCUT2D eigenvalue weighted by Gasteiger charge is 2.31. The van der Waals surface area contributed by atoms with Crippen molar-refractivity contribution >= 4 is 33.7 Å². The predicted molar refractivity (Wildman–Crippen MR) is 61.9 cm³/mol. The van der Waals surface area contributed by atoms with Gasteiger partial charge in [0, 0.05) is 27.9 Å². The average molecular weight is 326 g/mol. The smallest absolute Gasteiger partial charge is 0.478 e. The summed E-state index contributed by atoms with van der Waals surface area (Å²) in [6.07, 6.45) is -2.83. The van der Waals surface area contributed by atoms with Gasteiger partial charge in [0.25, 0.3) is 0 Å². The monoisotopic (exact) mass is 325 g/mol. The molecule has 0 bridgehead atoms. The minimum atomic E-state index is -4.82. The molecule has 0 unspecified atom stereocenters. The van der Waals surface area contributed by atoms with E-state index in [1.165, 1.54) is 6.08 Å². The molecule has 0 amide bonds. The van der Waals surface area contributed by atoms with E-state index < -0.39 is 18.1 Å². The molecule has 0 atom stereocenters. The van der Waals surface area contributed by atoms with Gasteiger partial charge in [0.1, 0.15) is 5.75 Å². The summed E-state index contributed by atoms with van der Waals surface area (Å²) in [5.41, 5.74) is 5.72. The van der Waals surface area contributed by atoms with E-state index in [1.807, 2.05) is 0 Å². The molecule has 98 valence electrons. The lowest BCUT2D eigenvalue weighted by molar-refractivity contribution is -0.274. The maximum atomic E-state index is 12.0. The lowest BCUT2D eigenvalue weighted by atomic mass is 10.1. The molecule has 3 N–H and O–H groups in total. The maximum absolute atomic E-state index is 12.0. The van der Waals surface area contributed by atoms with Gasteiger partial charge in [-0.25, -0.2) is 4.79 Å². The molecule has 0 fully saturated rings. The van der Waals surface area contributed by atoms with E-state index in [0.29, 0.717) is 0 Å². The number of carbonyl (C=O) groups is 1. The number of anilines is 1. The Balaban J connectivity index is 3.09. The van der Waals surface area contributed by atoms with E-state index in [9.17, 15) is 18.0 Å². The summed E-state index contributed by atoms with van der Waals surface area (Å²) in [5.74, 6) is -1.68. The van der Waals surface area contributed by atoms with Crippen molar-refractivity contribution in [3.05, 3.63) is 28.2 Å². The fourth-order valence-electron chi connectivity index (χ4n) is 1.14. The van der Waals surface area contributed by atoms with Crippen molar-refractivity contribution in [2.24, 2.45) is 0 Å². The number of carboxylic acid groups (broad SMARTS) is 1. The molecule has 4 nitrogen and oxygen atoms in total. The van der Waals surface area contributed by atoms with Crippen LogP contribution in [0.5, 0.6) is 5.75 Å². The molecular weight excluding hydrogens is 319 g/mol. The summed E-state index contributed by atoms with van der Waals surface area (Å²) < 4.78 is 39.9. The van der Waals surface area contributed by atoms with Crippen LogP contribution in [-0.4, -0.2) is 17.4 Å². The fourth-order valence-corrected chi connectivity index (χ4v) is 1.72. The molecule has 0 saturated heterocycles. The number of nitrogens with two attached hydrogens (primary N) is 1. The number of halogens is 4. The third-order valence-corrected chi connectivity index (χ3v) is 2.42. The van der Waals surface area contributed by atoms with Gasteiger partial charge in [-0.05, 0) is 28.1 Å². The van der Waals surface area contributed by atoms with Gasteiger partial charge in [0.05, 0.1) is 0 Å². The molecule has 0 aromatic heterocycles. The standard InChI is InChI=1S/C10H7BrF3NO3/c11-7-3-5(18-10(12,13)14)4-8(15)6(7)1-2-9(16)17/h1-4H,15H2,(H,16,17)/b2-1+. The van der Waals surface area contributed by atoms with Gasteiger partial charge in [-0.15, -0.1) is 13.2 Å². The van der Waals surface area contributed by atoms with Crippen molar-refractivity contribution in [3.63, 3.8) is 0 Å². The van der Waals surface area contributed by atoms with Gasteiger partial charge >= 0.3 is 12.3 Å². The third-order valence-electron chi connectivity index (χ3n) is 1.76. The lowest BCUT2D eigenvalue weighted by Gasteiger charge is -2.11. The molecule has 0 heterocycles. The van der Waals surface area contributed by atoms with E-state index in [4.69, 9.17) is 10.8 Å². The molecule has 0 saturated carbocycles. The van der Waals surface area contributed by atoms with Gasteiger partial charge < -0.3 is 15.6 Å². The first-order chi connectivity index (χ1) is 8.19. The second-order valence-electron chi connectivity index (χ2n) is 3.13. The van der Waals surface area contributed by atoms with E-state index >= 15 is 0 Å². The molecule has 0 aliphatic carbocycles. The lowest BCUT2D eigenvalue weighted by Crippen LogP contribution is -2.17. The van der Waals surface area contributed by atoms with Gasteiger partial charge in [-0.2, -0.15) is 0 Å². The molecule has 1 aromatic rings. The van der Waals surface area contributed by atoms with Gasteiger partial charge in [0.2, 0.25) is 0 Å². The molecule has 1 aromatic carbocycles. The van der Waals surface area contributed by atoms with Crippen LogP contribution in [0.3, 0.4) is 0 Å². The van der Waals surface area contributed by atoms with Crippen molar-refractivity contribution in [2.45, 2.75) is 6.36 Å². The number of carboxylic acids is 1. The van der Waals surface area contributed by atoms with Crippen LogP contribution in [0.1, 0.15) is 5.56 Å². The highest BCUT2D eigenvalue weighted by molar-refractivity contribution is 9.10. The predicted octanol–water partition coefficient (Wildman–Crippen LogP) is 3.03. The molecule has 0 aliphatic heterocycles. The minimum Gasteiger partial charge on any atom is -0.478 e. The molecule has 0 aliphatic rings. The van der Waals surface area contributed by atoms with Crippen LogP contribution in [0, 0.1) is 0 Å². The van der Waals surface area contributed by atoms with Crippen LogP contribution in [0.15, 0.2) is 22.7 Å². The molecule has 1 rings (SSSR count). The van der Waals surface area contributed by atoms with E-state index in [2.05, 4.69) is 20.7 Å². The Morgan fingerprint density at radius 2 is 2.06 bits per heavy atom. The molecule has 18 heavy (non-hydrogen) atoms. The second-order valence-corrected chi connectivity index (χ2v) is 3.98. The van der Waals surface area contributed by atoms with Crippen LogP contribution < -0.4 is 10.5 Å². The van der Waals surface area contributed by atoms with Gasteiger partial charge in [-0.1, -0.05) is 0 Å². The normalized spacial score (nSPS) is 11.8. The van der Waals surface area contributed by atoms with Crippen LogP contribution in [0.4, 0.5) is 18.9 Å². The Kier molecular flexibility index (Phi) is 4.23. The number of ether oxygens (including phenoxy) is 1. The first-order valence-corrected chi connectivity index (χ1v) is 5.24. The van der Waals surface area contributed by atoms with Crippen molar-refractivity contribution in [3.8, 4) is 5.75 Å². The first kappa shape index (κ1) is 14.4. The number of hydrogen-bond acceptors (Lipinski definition) is 3. The SMILES string of the molecule is Nc1cc(OC(F)(F)F)cc(Br)c1/C=C/C(=O)O. The first-order valence-electron chi connectivity index (χ1n) is 4.45. The summed E-state index contributed by atoms with van der Waals surface area (Å²) in [6.45, 7) is 0. The second kappa shape index (κ2) is 5.30. The van der Waals surface area contributed by atoms with Crippen molar-refractivity contribution in [2.75, 3.05) is 5.73 Å². The van der Waals surface area contributed by atoms with E-state index in [1.54, 1.807) is 0 Å². The highest BCUT2D eigenvalue weighted by atomic mass is 79.9. The third kappa shape index (κ3) is 4.28. The zero-order valence-corrected chi connectivity index (χ0v) is 10.2. The van der Waals surface area contributed by atoms with Crippen LogP contribution in [-0.2, 0) is 4.79 Å². The molecule has 0 spiro atoms. The number of rotatable bonds is 3. The molecular formula is C10H7BrF3NO3. The Hall–Kier alpha value is -1.70. The van der Waals surface area contributed by atoms with E-state index in [-0.39, 0.29) is 15.7 Å². The summed E-state index contributed by atoms with van der Waals surface area (Å²) >= 11 is 2.98. The Labute approximate surface area is 108 Å². The maximum Gasteiger partial charge on any atom is 0.573 e. The van der Waals surface area contributed by atoms with Gasteiger partial charge in [0.15, 0.2) is 0 Å². The fraction of sp³-hybridized carbons (Fsp3) is 0.100. The summed E-state index contributed by atoms with van der Waals surface area (Å²) in [5, 5.41) is 8.45. The Morgan fingerprint density at radius 3 is 2.50 bits per heavy atom. The number of aliphatic carboxylic acids is 1. The van der Waals surface area contributed by atoms with Crippen LogP contribution >= 0.6 is 15.9 Å². The average Bonchev–Trinajstić information content (AvgIpc) is 2.12. The van der Waals surface area contributed by atoms with Crippen LogP contribution in [0.2, 0.25) is 0 Å². The largest absolute Gasteiger partial charge is 0.573 e. The van der Waals surface area contributed by atoms with Crippen LogP contribution in [0.25, 0.3) is 6.08 Å². The molecule has 0 radical (unpaired) electrons. The number of alkyl halides is 3. The number of benzene rings is 1. The van der Waals surface area contributed by atoms with Gasteiger partial charge in [-0.3, -0.25) is 0 Å². The topological polar surface area (TPSA) is 72.5 Å². The Bertz CT molecular complexity index is 477. The zero-order chi connectivity index (χ0) is 13.9. The highest BCUT2D eigenvalue weighted by Crippen LogP contribution is 2.32.